The summed E-state index contributed by atoms with van der Waals surface area (Å²) in [6, 6.07) is 0. The number of carbonyl (C=O) groups is 1. The number of likely N-dealkylation sites (tertiary alicyclic amines) is 1. The predicted molar refractivity (Wildman–Crippen MR) is 64.8 cm³/mol. The first-order valence-electron chi connectivity index (χ1n) is 6.62. The molecule has 0 unspecified atom stereocenters. The van der Waals surface area contributed by atoms with E-state index in [1.807, 2.05) is 4.90 Å². The van der Waals surface area contributed by atoms with Crippen molar-refractivity contribution in [3.8, 4) is 0 Å². The van der Waals surface area contributed by atoms with Crippen LogP contribution in [0.3, 0.4) is 0 Å². The summed E-state index contributed by atoms with van der Waals surface area (Å²) in [7, 11) is 1.73. The van der Waals surface area contributed by atoms with Gasteiger partial charge in [0.25, 0.3) is 0 Å². The molecule has 1 spiro atoms. The molecule has 0 bridgehead atoms. The number of hydrogen-bond donors (Lipinski definition) is 0. The molecule has 98 valence electrons. The Labute approximate surface area is 103 Å². The van der Waals surface area contributed by atoms with Crippen molar-refractivity contribution in [1.82, 2.24) is 4.90 Å². The normalized spacial score (nSPS) is 26.2. The summed E-state index contributed by atoms with van der Waals surface area (Å²) < 4.78 is 11.1. The van der Waals surface area contributed by atoms with E-state index in [4.69, 9.17) is 9.47 Å². The van der Waals surface area contributed by atoms with Gasteiger partial charge in [0, 0.05) is 26.1 Å². The van der Waals surface area contributed by atoms with Gasteiger partial charge in [-0.1, -0.05) is 13.3 Å². The third-order valence-corrected chi connectivity index (χ3v) is 3.98. The van der Waals surface area contributed by atoms with E-state index in [1.165, 1.54) is 0 Å². The second-order valence-corrected chi connectivity index (χ2v) is 5.21. The fraction of sp³-hybridized carbons (Fsp3) is 0.923. The maximum Gasteiger partial charge on any atom is 0.222 e. The molecule has 0 aromatic heterocycles. The minimum absolute atomic E-state index is 0.0854. The molecule has 1 atom stereocenters. The molecule has 2 heterocycles. The Hall–Kier alpha value is -0.610. The Balaban J connectivity index is 1.82. The average molecular weight is 241 g/mol. The third kappa shape index (κ3) is 2.47. The highest BCUT2D eigenvalue weighted by Crippen LogP contribution is 2.40. The molecule has 1 amide bonds. The summed E-state index contributed by atoms with van der Waals surface area (Å²) in [6.45, 7) is 5.20. The lowest BCUT2D eigenvalue weighted by molar-refractivity contribution is -0.168. The highest BCUT2D eigenvalue weighted by atomic mass is 16.5. The first kappa shape index (κ1) is 12.8. The highest BCUT2D eigenvalue weighted by Gasteiger charge is 2.54. The maximum absolute atomic E-state index is 11.8. The molecule has 2 aliphatic rings. The van der Waals surface area contributed by atoms with Crippen LogP contribution in [-0.2, 0) is 14.3 Å². The Kier molecular flexibility index (Phi) is 4.05. The van der Waals surface area contributed by atoms with Crippen molar-refractivity contribution in [3.05, 3.63) is 0 Å². The summed E-state index contributed by atoms with van der Waals surface area (Å²) in [5.74, 6) is 0.742. The van der Waals surface area contributed by atoms with Gasteiger partial charge in [-0.3, -0.25) is 4.79 Å². The van der Waals surface area contributed by atoms with E-state index < -0.39 is 0 Å². The van der Waals surface area contributed by atoms with E-state index in [0.29, 0.717) is 12.3 Å². The molecule has 2 rings (SSSR count). The SMILES string of the molecule is CCCCC(=O)N1CC2(C1)OCC[C@@H]2COC. The van der Waals surface area contributed by atoms with E-state index in [9.17, 15) is 4.79 Å². The zero-order valence-electron chi connectivity index (χ0n) is 10.9. The van der Waals surface area contributed by atoms with Crippen LogP contribution in [0.2, 0.25) is 0 Å². The third-order valence-electron chi connectivity index (χ3n) is 3.98. The lowest BCUT2D eigenvalue weighted by Crippen LogP contribution is -2.66. The fourth-order valence-electron chi connectivity index (χ4n) is 2.83. The van der Waals surface area contributed by atoms with E-state index in [-0.39, 0.29) is 11.5 Å². The van der Waals surface area contributed by atoms with Crippen LogP contribution < -0.4 is 0 Å². The molecule has 0 N–H and O–H groups in total. The van der Waals surface area contributed by atoms with Crippen LogP contribution in [0.1, 0.15) is 32.6 Å². The number of ether oxygens (including phenoxy) is 2. The fourth-order valence-corrected chi connectivity index (χ4v) is 2.83. The minimum Gasteiger partial charge on any atom is -0.384 e. The Bertz CT molecular complexity index is 274. The zero-order valence-corrected chi connectivity index (χ0v) is 10.9. The van der Waals surface area contributed by atoms with Gasteiger partial charge in [-0.2, -0.15) is 0 Å². The molecular formula is C13H23NO3. The Morgan fingerprint density at radius 1 is 1.53 bits per heavy atom. The minimum atomic E-state index is -0.0854. The van der Waals surface area contributed by atoms with Gasteiger partial charge in [-0.25, -0.2) is 0 Å². The van der Waals surface area contributed by atoms with Crippen LogP contribution in [0.5, 0.6) is 0 Å². The molecule has 0 radical (unpaired) electrons. The van der Waals surface area contributed by atoms with E-state index in [2.05, 4.69) is 6.92 Å². The molecule has 0 aromatic carbocycles. The summed E-state index contributed by atoms with van der Waals surface area (Å²) in [5.41, 5.74) is -0.0854. The molecule has 17 heavy (non-hydrogen) atoms. The van der Waals surface area contributed by atoms with Crippen LogP contribution >= 0.6 is 0 Å². The van der Waals surface area contributed by atoms with E-state index in [0.717, 1.165) is 45.6 Å². The molecule has 0 aliphatic carbocycles. The molecule has 4 nitrogen and oxygen atoms in total. The van der Waals surface area contributed by atoms with Crippen LogP contribution in [0.15, 0.2) is 0 Å². The number of hydrogen-bond acceptors (Lipinski definition) is 3. The quantitative estimate of drug-likeness (QED) is 0.731. The summed E-state index contributed by atoms with van der Waals surface area (Å²) >= 11 is 0. The van der Waals surface area contributed by atoms with E-state index in [1.54, 1.807) is 7.11 Å². The van der Waals surface area contributed by atoms with Crippen LogP contribution in [0, 0.1) is 5.92 Å². The number of carbonyl (C=O) groups excluding carboxylic acids is 1. The Morgan fingerprint density at radius 3 is 2.94 bits per heavy atom. The molecule has 4 heteroatoms. The molecule has 2 fully saturated rings. The van der Waals surface area contributed by atoms with Gasteiger partial charge in [0.2, 0.25) is 5.91 Å². The topological polar surface area (TPSA) is 38.8 Å². The second kappa shape index (κ2) is 5.36. The number of amides is 1. The van der Waals surface area contributed by atoms with Gasteiger partial charge in [0.1, 0.15) is 5.60 Å². The summed E-state index contributed by atoms with van der Waals surface area (Å²) in [4.78, 5) is 13.8. The Morgan fingerprint density at radius 2 is 2.29 bits per heavy atom. The first-order chi connectivity index (χ1) is 8.22. The van der Waals surface area contributed by atoms with Crippen molar-refractivity contribution in [1.29, 1.82) is 0 Å². The van der Waals surface area contributed by atoms with E-state index >= 15 is 0 Å². The van der Waals surface area contributed by atoms with Crippen molar-refractivity contribution in [3.63, 3.8) is 0 Å². The monoisotopic (exact) mass is 241 g/mol. The van der Waals surface area contributed by atoms with Crippen molar-refractivity contribution in [2.24, 2.45) is 5.92 Å². The standard InChI is InChI=1S/C13H23NO3/c1-3-4-5-12(15)14-9-13(10-14)11(8-16-2)6-7-17-13/h11H,3-10H2,1-2H3/t11-/m1/s1. The van der Waals surface area contributed by atoms with Crippen molar-refractivity contribution >= 4 is 5.91 Å². The van der Waals surface area contributed by atoms with Crippen molar-refractivity contribution < 1.29 is 14.3 Å². The van der Waals surface area contributed by atoms with Crippen LogP contribution in [-0.4, -0.2) is 49.8 Å². The second-order valence-electron chi connectivity index (χ2n) is 5.21. The van der Waals surface area contributed by atoms with Crippen molar-refractivity contribution in [2.45, 2.75) is 38.2 Å². The zero-order chi connectivity index (χ0) is 12.3. The van der Waals surface area contributed by atoms with Gasteiger partial charge in [-0.15, -0.1) is 0 Å². The van der Waals surface area contributed by atoms with Crippen LogP contribution in [0.25, 0.3) is 0 Å². The molecular weight excluding hydrogens is 218 g/mol. The number of methoxy groups -OCH3 is 1. The number of unbranched alkanes of at least 4 members (excludes halogenated alkanes) is 1. The first-order valence-corrected chi connectivity index (χ1v) is 6.62. The number of nitrogens with zero attached hydrogens (tertiary/aromatic N) is 1. The predicted octanol–water partition coefficient (Wildman–Crippen LogP) is 1.44. The lowest BCUT2D eigenvalue weighted by Gasteiger charge is -2.50. The van der Waals surface area contributed by atoms with Gasteiger partial charge in [0.05, 0.1) is 19.7 Å². The van der Waals surface area contributed by atoms with Crippen LogP contribution in [0.4, 0.5) is 0 Å². The van der Waals surface area contributed by atoms with Gasteiger partial charge < -0.3 is 14.4 Å². The average Bonchev–Trinajstić information content (AvgIpc) is 2.68. The molecule has 0 aromatic rings. The van der Waals surface area contributed by atoms with Gasteiger partial charge in [0.15, 0.2) is 0 Å². The highest BCUT2D eigenvalue weighted by molar-refractivity contribution is 5.77. The van der Waals surface area contributed by atoms with Gasteiger partial charge >= 0.3 is 0 Å². The molecule has 0 saturated carbocycles. The lowest BCUT2D eigenvalue weighted by atomic mass is 9.81. The molecule has 2 saturated heterocycles. The smallest absolute Gasteiger partial charge is 0.222 e. The molecule has 2 aliphatic heterocycles. The summed E-state index contributed by atoms with van der Waals surface area (Å²) in [5, 5.41) is 0. The summed E-state index contributed by atoms with van der Waals surface area (Å²) in [6.07, 6.45) is 3.81. The largest absolute Gasteiger partial charge is 0.384 e. The van der Waals surface area contributed by atoms with Gasteiger partial charge in [-0.05, 0) is 12.8 Å². The maximum atomic E-state index is 11.8. The number of rotatable bonds is 5. The van der Waals surface area contributed by atoms with Crippen molar-refractivity contribution in [2.75, 3.05) is 33.4 Å².